The summed E-state index contributed by atoms with van der Waals surface area (Å²) in [7, 11) is 0. The molecule has 4 rings (SSSR count). The van der Waals surface area contributed by atoms with Gasteiger partial charge in [-0.2, -0.15) is 5.10 Å². The zero-order valence-electron chi connectivity index (χ0n) is 17.0. The molecule has 0 aliphatic carbocycles. The van der Waals surface area contributed by atoms with E-state index in [-0.39, 0.29) is 0 Å². The van der Waals surface area contributed by atoms with Crippen molar-refractivity contribution in [2.24, 2.45) is 0 Å². The molecule has 0 aliphatic heterocycles. The molecule has 29 heavy (non-hydrogen) atoms. The van der Waals surface area contributed by atoms with Gasteiger partial charge >= 0.3 is 0 Å². The number of anilines is 1. The van der Waals surface area contributed by atoms with Crippen molar-refractivity contribution in [3.05, 3.63) is 59.5 Å². The number of fused-ring (bicyclic) bond motifs is 1. The number of pyridine rings is 1. The molecule has 3 heterocycles. The van der Waals surface area contributed by atoms with Gasteiger partial charge in [0.2, 0.25) is 0 Å². The monoisotopic (exact) mass is 408 g/mol. The smallest absolute Gasteiger partial charge is 0.143 e. The van der Waals surface area contributed by atoms with Crippen LogP contribution < -0.4 is 4.90 Å². The lowest BCUT2D eigenvalue weighted by atomic mass is 10.2. The van der Waals surface area contributed by atoms with Gasteiger partial charge in [-0.05, 0) is 57.2 Å². The van der Waals surface area contributed by atoms with Crippen molar-refractivity contribution < 1.29 is 0 Å². The Balaban J connectivity index is 1.78. The summed E-state index contributed by atoms with van der Waals surface area (Å²) in [6.45, 7) is 9.71. The van der Waals surface area contributed by atoms with Gasteiger partial charge < -0.3 is 9.47 Å². The molecule has 0 atom stereocenters. The minimum absolute atomic E-state index is 0.637. The molecular formula is C22H25ClN6. The average molecular weight is 409 g/mol. The number of aryl methyl sites for hydroxylation is 1. The molecule has 6 nitrogen and oxygen atoms in total. The summed E-state index contributed by atoms with van der Waals surface area (Å²) in [6, 6.07) is 12.0. The molecule has 7 heteroatoms. The summed E-state index contributed by atoms with van der Waals surface area (Å²) < 4.78 is 4.12. The van der Waals surface area contributed by atoms with E-state index in [9.17, 15) is 0 Å². The van der Waals surface area contributed by atoms with E-state index >= 15 is 0 Å². The Morgan fingerprint density at radius 3 is 2.52 bits per heavy atom. The van der Waals surface area contributed by atoms with Crippen LogP contribution in [0.15, 0.2) is 48.8 Å². The van der Waals surface area contributed by atoms with Crippen molar-refractivity contribution in [1.82, 2.24) is 24.3 Å². The maximum Gasteiger partial charge on any atom is 0.143 e. The van der Waals surface area contributed by atoms with Gasteiger partial charge in [0.05, 0.1) is 23.3 Å². The second-order valence-electron chi connectivity index (χ2n) is 6.89. The van der Waals surface area contributed by atoms with Crippen LogP contribution >= 0.6 is 11.6 Å². The summed E-state index contributed by atoms with van der Waals surface area (Å²) in [5.41, 5.74) is 3.87. The Kier molecular flexibility index (Phi) is 5.53. The van der Waals surface area contributed by atoms with Crippen LogP contribution in [0, 0.1) is 0 Å². The fourth-order valence-corrected chi connectivity index (χ4v) is 3.73. The number of hydrogen-bond acceptors (Lipinski definition) is 4. The van der Waals surface area contributed by atoms with Gasteiger partial charge in [-0.15, -0.1) is 0 Å². The predicted molar refractivity (Wildman–Crippen MR) is 119 cm³/mol. The quantitative estimate of drug-likeness (QED) is 0.438. The summed E-state index contributed by atoms with van der Waals surface area (Å²) in [5, 5.41) is 5.32. The highest BCUT2D eigenvalue weighted by Gasteiger charge is 2.15. The molecule has 0 bridgehead atoms. The van der Waals surface area contributed by atoms with Crippen LogP contribution in [0.1, 0.15) is 26.5 Å². The van der Waals surface area contributed by atoms with E-state index in [1.54, 1.807) is 0 Å². The van der Waals surface area contributed by atoms with Gasteiger partial charge in [-0.1, -0.05) is 11.6 Å². The van der Waals surface area contributed by atoms with Crippen LogP contribution in [0.3, 0.4) is 0 Å². The van der Waals surface area contributed by atoms with E-state index in [4.69, 9.17) is 16.6 Å². The molecule has 0 unspecified atom stereocenters. The molecule has 0 aliphatic rings. The van der Waals surface area contributed by atoms with Gasteiger partial charge in [0.1, 0.15) is 11.6 Å². The first kappa shape index (κ1) is 19.5. The fourth-order valence-electron chi connectivity index (χ4n) is 3.56. The number of halogens is 1. The molecule has 0 amide bonds. The summed E-state index contributed by atoms with van der Waals surface area (Å²) in [6.07, 6.45) is 3.91. The minimum Gasteiger partial charge on any atom is -0.357 e. The number of hydrogen-bond donors (Lipinski definition) is 0. The molecule has 0 spiro atoms. The molecule has 3 aromatic heterocycles. The number of imidazole rings is 1. The Hall–Kier alpha value is -2.86. The molecule has 1 aromatic carbocycles. The Bertz CT molecular complexity index is 1110. The first-order chi connectivity index (χ1) is 14.1. The summed E-state index contributed by atoms with van der Waals surface area (Å²) >= 11 is 6.21. The number of aromatic nitrogens is 5. The highest BCUT2D eigenvalue weighted by atomic mass is 35.5. The molecule has 0 radical (unpaired) electrons. The minimum atomic E-state index is 0.637. The normalized spacial score (nSPS) is 11.3. The van der Waals surface area contributed by atoms with Crippen LogP contribution in [0.25, 0.3) is 22.4 Å². The van der Waals surface area contributed by atoms with E-state index < -0.39 is 0 Å². The summed E-state index contributed by atoms with van der Waals surface area (Å²) in [5.74, 6) is 1.85. The van der Waals surface area contributed by atoms with Crippen LogP contribution in [-0.2, 0) is 13.1 Å². The Labute approximate surface area is 175 Å². The lowest BCUT2D eigenvalue weighted by molar-refractivity contribution is 0.639. The summed E-state index contributed by atoms with van der Waals surface area (Å²) in [4.78, 5) is 11.8. The topological polar surface area (TPSA) is 51.8 Å². The van der Waals surface area contributed by atoms with Crippen molar-refractivity contribution in [3.63, 3.8) is 0 Å². The predicted octanol–water partition coefficient (Wildman–Crippen LogP) is 4.86. The largest absolute Gasteiger partial charge is 0.357 e. The number of rotatable bonds is 7. The molecule has 0 saturated heterocycles. The van der Waals surface area contributed by atoms with Gasteiger partial charge in [0.25, 0.3) is 0 Å². The zero-order valence-corrected chi connectivity index (χ0v) is 17.8. The average Bonchev–Trinajstić information content (AvgIpc) is 3.34. The first-order valence-electron chi connectivity index (χ1n) is 10.0. The van der Waals surface area contributed by atoms with E-state index in [0.29, 0.717) is 11.6 Å². The highest BCUT2D eigenvalue weighted by Crippen LogP contribution is 2.28. The highest BCUT2D eigenvalue weighted by molar-refractivity contribution is 6.31. The maximum absolute atomic E-state index is 6.21. The van der Waals surface area contributed by atoms with Crippen LogP contribution in [0.2, 0.25) is 5.02 Å². The third-order valence-electron chi connectivity index (χ3n) is 5.14. The number of benzene rings is 1. The van der Waals surface area contributed by atoms with Crippen molar-refractivity contribution in [1.29, 1.82) is 0 Å². The van der Waals surface area contributed by atoms with E-state index in [1.165, 1.54) is 0 Å². The van der Waals surface area contributed by atoms with Gasteiger partial charge in [0, 0.05) is 42.6 Å². The van der Waals surface area contributed by atoms with Crippen molar-refractivity contribution in [3.8, 4) is 11.4 Å². The standard InChI is InChI=1S/C22H25ClN6/c1-4-27(5-2)21-10-7-16(14-24-21)22-25-19-13-17(23)8-9-20(19)29(22)15-18-11-12-28(6-3)26-18/h7-14H,4-6,15H2,1-3H3. The second kappa shape index (κ2) is 8.25. The molecule has 0 fully saturated rings. The third-order valence-corrected chi connectivity index (χ3v) is 5.38. The Morgan fingerprint density at radius 1 is 1.03 bits per heavy atom. The van der Waals surface area contributed by atoms with Crippen LogP contribution in [-0.4, -0.2) is 37.4 Å². The van der Waals surface area contributed by atoms with Crippen molar-refractivity contribution in [2.75, 3.05) is 18.0 Å². The molecule has 0 saturated carbocycles. The molecular weight excluding hydrogens is 384 g/mol. The van der Waals surface area contributed by atoms with E-state index in [0.717, 1.165) is 53.6 Å². The first-order valence-corrected chi connectivity index (χ1v) is 10.4. The molecule has 150 valence electrons. The lowest BCUT2D eigenvalue weighted by Gasteiger charge is -2.19. The van der Waals surface area contributed by atoms with Crippen LogP contribution in [0.4, 0.5) is 5.82 Å². The van der Waals surface area contributed by atoms with Gasteiger partial charge in [-0.3, -0.25) is 4.68 Å². The third kappa shape index (κ3) is 3.85. The van der Waals surface area contributed by atoms with Gasteiger partial charge in [0.15, 0.2) is 0 Å². The lowest BCUT2D eigenvalue weighted by Crippen LogP contribution is -2.22. The zero-order chi connectivity index (χ0) is 20.4. The van der Waals surface area contributed by atoms with Crippen molar-refractivity contribution in [2.45, 2.75) is 33.9 Å². The SMILES string of the molecule is CCN(CC)c1ccc(-c2nc3cc(Cl)ccc3n2Cc2ccn(CC)n2)cn1. The van der Waals surface area contributed by atoms with Crippen LogP contribution in [0.5, 0.6) is 0 Å². The second-order valence-corrected chi connectivity index (χ2v) is 7.33. The molecule has 4 aromatic rings. The maximum atomic E-state index is 6.21. The van der Waals surface area contributed by atoms with Crippen molar-refractivity contribution >= 4 is 28.5 Å². The fraction of sp³-hybridized carbons (Fsp3) is 0.318. The Morgan fingerprint density at radius 2 is 1.86 bits per heavy atom. The molecule has 0 N–H and O–H groups in total. The van der Waals surface area contributed by atoms with Gasteiger partial charge in [-0.25, -0.2) is 9.97 Å². The number of nitrogens with zero attached hydrogens (tertiary/aromatic N) is 6. The van der Waals surface area contributed by atoms with E-state index in [2.05, 4.69) is 58.5 Å². The van der Waals surface area contributed by atoms with E-state index in [1.807, 2.05) is 35.3 Å².